The molecule has 4 nitrogen and oxygen atoms in total. The van der Waals surface area contributed by atoms with Gasteiger partial charge < -0.3 is 4.57 Å². The minimum atomic E-state index is -0.0252. The molecule has 0 atom stereocenters. The number of nitrogens with zero attached hydrogens (tertiary/aromatic N) is 3. The van der Waals surface area contributed by atoms with Crippen molar-refractivity contribution in [2.75, 3.05) is 0 Å². The van der Waals surface area contributed by atoms with E-state index in [9.17, 15) is 4.79 Å². The summed E-state index contributed by atoms with van der Waals surface area (Å²) in [6.45, 7) is 0.727. The van der Waals surface area contributed by atoms with Crippen LogP contribution < -0.4 is 5.56 Å². The molecular weight excluding hydrogens is 286 g/mol. The second-order valence-electron chi connectivity index (χ2n) is 5.42. The van der Waals surface area contributed by atoms with Crippen LogP contribution in [0.25, 0.3) is 16.7 Å². The standard InChI is InChI=1S/C19H15N3O/c23-19-9-8-17-18(22(19)16-6-2-1-3-7-16)10-12-21(17)14-15-5-4-11-20-13-15/h1-13H,14H2. The van der Waals surface area contributed by atoms with Crippen molar-refractivity contribution in [1.29, 1.82) is 0 Å². The number of benzene rings is 1. The summed E-state index contributed by atoms with van der Waals surface area (Å²) >= 11 is 0. The van der Waals surface area contributed by atoms with Gasteiger partial charge in [0.2, 0.25) is 0 Å². The highest BCUT2D eigenvalue weighted by Crippen LogP contribution is 2.18. The van der Waals surface area contributed by atoms with Crippen LogP contribution in [0.4, 0.5) is 0 Å². The molecule has 23 heavy (non-hydrogen) atoms. The third kappa shape index (κ3) is 2.44. The molecule has 4 aromatic rings. The molecule has 0 saturated carbocycles. The molecule has 0 aliphatic carbocycles. The molecule has 0 spiro atoms. The lowest BCUT2D eigenvalue weighted by Crippen LogP contribution is -2.17. The van der Waals surface area contributed by atoms with E-state index >= 15 is 0 Å². The van der Waals surface area contributed by atoms with Crippen molar-refractivity contribution in [1.82, 2.24) is 14.1 Å². The molecule has 0 bridgehead atoms. The fourth-order valence-electron chi connectivity index (χ4n) is 2.86. The van der Waals surface area contributed by atoms with Crippen LogP contribution in [0.2, 0.25) is 0 Å². The SMILES string of the molecule is O=c1ccc2c(ccn2Cc2cccnc2)n1-c1ccccc1. The van der Waals surface area contributed by atoms with Crippen LogP contribution in [-0.2, 0) is 6.54 Å². The van der Waals surface area contributed by atoms with Gasteiger partial charge in [0.15, 0.2) is 0 Å². The van der Waals surface area contributed by atoms with Crippen LogP contribution in [-0.4, -0.2) is 14.1 Å². The van der Waals surface area contributed by atoms with Crippen LogP contribution in [0.3, 0.4) is 0 Å². The highest BCUT2D eigenvalue weighted by atomic mass is 16.1. The van der Waals surface area contributed by atoms with Gasteiger partial charge in [-0.05, 0) is 35.9 Å². The number of hydrogen-bond donors (Lipinski definition) is 0. The van der Waals surface area contributed by atoms with Crippen molar-refractivity contribution in [3.8, 4) is 5.69 Å². The smallest absolute Gasteiger partial charge is 0.255 e. The highest BCUT2D eigenvalue weighted by molar-refractivity contribution is 5.78. The molecule has 112 valence electrons. The van der Waals surface area contributed by atoms with E-state index in [0.29, 0.717) is 0 Å². The van der Waals surface area contributed by atoms with Crippen molar-refractivity contribution in [2.45, 2.75) is 6.54 Å². The molecule has 0 fully saturated rings. The van der Waals surface area contributed by atoms with Crippen LogP contribution >= 0.6 is 0 Å². The van der Waals surface area contributed by atoms with Crippen molar-refractivity contribution in [3.63, 3.8) is 0 Å². The van der Waals surface area contributed by atoms with Crippen LogP contribution in [0.5, 0.6) is 0 Å². The first-order chi connectivity index (χ1) is 11.3. The third-order valence-electron chi connectivity index (χ3n) is 3.92. The molecule has 0 aliphatic heterocycles. The average Bonchev–Trinajstić information content (AvgIpc) is 2.99. The quantitative estimate of drug-likeness (QED) is 0.583. The second kappa shape index (κ2) is 5.57. The topological polar surface area (TPSA) is 39.8 Å². The zero-order valence-electron chi connectivity index (χ0n) is 12.5. The first-order valence-corrected chi connectivity index (χ1v) is 7.48. The number of para-hydroxylation sites is 1. The van der Waals surface area contributed by atoms with E-state index in [1.165, 1.54) is 0 Å². The van der Waals surface area contributed by atoms with E-state index in [1.807, 2.05) is 67.0 Å². The van der Waals surface area contributed by atoms with Gasteiger partial charge >= 0.3 is 0 Å². The Kier molecular flexibility index (Phi) is 3.27. The highest BCUT2D eigenvalue weighted by Gasteiger charge is 2.09. The molecule has 0 unspecified atom stereocenters. The van der Waals surface area contributed by atoms with Crippen molar-refractivity contribution < 1.29 is 0 Å². The Labute approximate surface area is 133 Å². The lowest BCUT2D eigenvalue weighted by atomic mass is 10.2. The zero-order chi connectivity index (χ0) is 15.6. The Morgan fingerprint density at radius 3 is 2.52 bits per heavy atom. The van der Waals surface area contributed by atoms with Crippen molar-refractivity contribution in [3.05, 3.63) is 95.2 Å². The first kappa shape index (κ1) is 13.5. The second-order valence-corrected chi connectivity index (χ2v) is 5.42. The monoisotopic (exact) mass is 301 g/mol. The molecule has 0 saturated heterocycles. The fourth-order valence-corrected chi connectivity index (χ4v) is 2.86. The van der Waals surface area contributed by atoms with Crippen LogP contribution in [0.15, 0.2) is 84.0 Å². The van der Waals surface area contributed by atoms with Crippen molar-refractivity contribution in [2.24, 2.45) is 0 Å². The summed E-state index contributed by atoms with van der Waals surface area (Å²) in [5, 5.41) is 0. The van der Waals surface area contributed by atoms with Gasteiger partial charge in [-0.3, -0.25) is 14.3 Å². The summed E-state index contributed by atoms with van der Waals surface area (Å²) in [5.74, 6) is 0. The van der Waals surface area contributed by atoms with E-state index < -0.39 is 0 Å². The van der Waals surface area contributed by atoms with E-state index in [4.69, 9.17) is 0 Å². The minimum Gasteiger partial charge on any atom is -0.342 e. The van der Waals surface area contributed by atoms with E-state index in [0.717, 1.165) is 28.8 Å². The minimum absolute atomic E-state index is 0.0252. The third-order valence-corrected chi connectivity index (χ3v) is 3.92. The average molecular weight is 301 g/mol. The molecule has 0 amide bonds. The van der Waals surface area contributed by atoms with E-state index in [2.05, 4.69) is 9.55 Å². The Bertz CT molecular complexity index is 1000. The van der Waals surface area contributed by atoms with E-state index in [1.54, 1.807) is 16.8 Å². The number of aromatic nitrogens is 3. The fraction of sp³-hybridized carbons (Fsp3) is 0.0526. The van der Waals surface area contributed by atoms with Crippen molar-refractivity contribution >= 4 is 11.0 Å². The van der Waals surface area contributed by atoms with Crippen LogP contribution in [0, 0.1) is 0 Å². The van der Waals surface area contributed by atoms with Gasteiger partial charge in [0.1, 0.15) is 0 Å². The van der Waals surface area contributed by atoms with Gasteiger partial charge in [-0.1, -0.05) is 24.3 Å². The van der Waals surface area contributed by atoms with Gasteiger partial charge in [0.05, 0.1) is 11.0 Å². The predicted octanol–water partition coefficient (Wildman–Crippen LogP) is 3.24. The maximum Gasteiger partial charge on any atom is 0.255 e. The Balaban J connectivity index is 1.87. The number of rotatable bonds is 3. The summed E-state index contributed by atoms with van der Waals surface area (Å²) < 4.78 is 3.88. The van der Waals surface area contributed by atoms with E-state index in [-0.39, 0.29) is 5.56 Å². The molecule has 3 heterocycles. The van der Waals surface area contributed by atoms with Gasteiger partial charge in [-0.15, -0.1) is 0 Å². The molecule has 0 N–H and O–H groups in total. The Morgan fingerprint density at radius 1 is 0.870 bits per heavy atom. The Hall–Kier alpha value is -3.14. The largest absolute Gasteiger partial charge is 0.342 e. The predicted molar refractivity (Wildman–Crippen MR) is 90.9 cm³/mol. The number of hydrogen-bond acceptors (Lipinski definition) is 2. The number of fused-ring (bicyclic) bond motifs is 1. The van der Waals surface area contributed by atoms with Gasteiger partial charge in [-0.25, -0.2) is 0 Å². The number of pyridine rings is 2. The normalized spacial score (nSPS) is 11.0. The molecule has 0 radical (unpaired) electrons. The lowest BCUT2D eigenvalue weighted by molar-refractivity contribution is 0.830. The zero-order valence-corrected chi connectivity index (χ0v) is 12.5. The molecule has 3 aromatic heterocycles. The summed E-state index contributed by atoms with van der Waals surface area (Å²) in [6, 6.07) is 19.2. The molecule has 4 rings (SSSR count). The summed E-state index contributed by atoms with van der Waals surface area (Å²) in [4.78, 5) is 16.5. The molecule has 1 aromatic carbocycles. The van der Waals surface area contributed by atoms with Gasteiger partial charge in [-0.2, -0.15) is 0 Å². The maximum atomic E-state index is 12.3. The molecule has 4 heteroatoms. The molecule has 0 aliphatic rings. The summed E-state index contributed by atoms with van der Waals surface area (Å²) in [5.41, 5.74) is 3.91. The van der Waals surface area contributed by atoms with Gasteiger partial charge in [0, 0.05) is 36.9 Å². The first-order valence-electron chi connectivity index (χ1n) is 7.48. The lowest BCUT2D eigenvalue weighted by Gasteiger charge is -2.09. The summed E-state index contributed by atoms with van der Waals surface area (Å²) in [6.07, 6.45) is 5.64. The van der Waals surface area contributed by atoms with Gasteiger partial charge in [0.25, 0.3) is 5.56 Å². The summed E-state index contributed by atoms with van der Waals surface area (Å²) in [7, 11) is 0. The maximum absolute atomic E-state index is 12.3. The Morgan fingerprint density at radius 2 is 1.74 bits per heavy atom. The van der Waals surface area contributed by atoms with Crippen LogP contribution in [0.1, 0.15) is 5.56 Å². The molecular formula is C19H15N3O.